The standard InChI is InChI=1S/C18H14BrClN4/c1-11-18(14-3-4-15(7-21)17(20)6-14)12(2)24(23-11)10-13-5-16(19)9-22-8-13/h3-6,8-9H,10H2,1-2H3. The molecule has 0 bridgehead atoms. The van der Waals surface area contributed by atoms with Crippen molar-refractivity contribution in [2.75, 3.05) is 0 Å². The minimum absolute atomic E-state index is 0.456. The minimum Gasteiger partial charge on any atom is -0.264 e. The lowest BCUT2D eigenvalue weighted by Crippen LogP contribution is -2.04. The monoisotopic (exact) mass is 400 g/mol. The first-order valence-corrected chi connectivity index (χ1v) is 8.50. The third-order valence-electron chi connectivity index (χ3n) is 3.85. The molecule has 2 heterocycles. The maximum absolute atomic E-state index is 9.02. The second-order valence-corrected chi connectivity index (χ2v) is 6.84. The molecule has 24 heavy (non-hydrogen) atoms. The van der Waals surface area contributed by atoms with Gasteiger partial charge in [0.25, 0.3) is 0 Å². The summed E-state index contributed by atoms with van der Waals surface area (Å²) in [5.74, 6) is 0. The summed E-state index contributed by atoms with van der Waals surface area (Å²) >= 11 is 9.61. The van der Waals surface area contributed by atoms with Crippen LogP contribution in [0.1, 0.15) is 22.5 Å². The lowest BCUT2D eigenvalue weighted by molar-refractivity contribution is 0.657. The summed E-state index contributed by atoms with van der Waals surface area (Å²) in [6, 6.07) is 9.58. The van der Waals surface area contributed by atoms with E-state index in [2.05, 4.69) is 32.1 Å². The highest BCUT2D eigenvalue weighted by atomic mass is 79.9. The van der Waals surface area contributed by atoms with Crippen molar-refractivity contribution in [3.8, 4) is 17.2 Å². The number of rotatable bonds is 3. The smallest absolute Gasteiger partial charge is 0.101 e. The molecule has 0 atom stereocenters. The summed E-state index contributed by atoms with van der Waals surface area (Å²) in [5.41, 5.74) is 5.53. The molecule has 0 aliphatic heterocycles. The third kappa shape index (κ3) is 3.21. The molecule has 0 amide bonds. The molecule has 0 N–H and O–H groups in total. The van der Waals surface area contributed by atoms with Crippen LogP contribution >= 0.6 is 27.5 Å². The Morgan fingerprint density at radius 3 is 2.71 bits per heavy atom. The van der Waals surface area contributed by atoms with E-state index in [9.17, 15) is 0 Å². The van der Waals surface area contributed by atoms with Crippen LogP contribution in [0.5, 0.6) is 0 Å². The first-order chi connectivity index (χ1) is 11.5. The number of benzene rings is 1. The summed E-state index contributed by atoms with van der Waals surface area (Å²) in [6.45, 7) is 4.65. The molecule has 0 unspecified atom stereocenters. The van der Waals surface area contributed by atoms with Crippen LogP contribution in [0, 0.1) is 25.2 Å². The topological polar surface area (TPSA) is 54.5 Å². The van der Waals surface area contributed by atoms with Gasteiger partial charge in [-0.2, -0.15) is 10.4 Å². The lowest BCUT2D eigenvalue weighted by Gasteiger charge is -2.07. The maximum Gasteiger partial charge on any atom is 0.101 e. The van der Waals surface area contributed by atoms with Gasteiger partial charge in [0.15, 0.2) is 0 Å². The number of aromatic nitrogens is 3. The Kier molecular flexibility index (Phi) is 4.70. The molecule has 0 saturated heterocycles. The van der Waals surface area contributed by atoms with Crippen molar-refractivity contribution in [3.05, 3.63) is 68.7 Å². The Balaban J connectivity index is 2.01. The fourth-order valence-electron chi connectivity index (χ4n) is 2.75. The Bertz CT molecular complexity index is 956. The summed E-state index contributed by atoms with van der Waals surface area (Å²) in [7, 11) is 0. The van der Waals surface area contributed by atoms with Crippen LogP contribution in [0.25, 0.3) is 11.1 Å². The van der Waals surface area contributed by atoms with Gasteiger partial charge in [0.1, 0.15) is 6.07 Å². The van der Waals surface area contributed by atoms with Gasteiger partial charge in [0.2, 0.25) is 0 Å². The average Bonchev–Trinajstić information content (AvgIpc) is 2.81. The van der Waals surface area contributed by atoms with Crippen LogP contribution in [-0.4, -0.2) is 14.8 Å². The van der Waals surface area contributed by atoms with Gasteiger partial charge in [0.05, 0.1) is 22.8 Å². The molecule has 2 aromatic heterocycles. The highest BCUT2D eigenvalue weighted by Gasteiger charge is 2.15. The van der Waals surface area contributed by atoms with Crippen molar-refractivity contribution in [2.24, 2.45) is 0 Å². The number of hydrogen-bond acceptors (Lipinski definition) is 3. The quantitative estimate of drug-likeness (QED) is 0.627. The number of hydrogen-bond donors (Lipinski definition) is 0. The molecule has 3 rings (SSSR count). The van der Waals surface area contributed by atoms with E-state index in [0.717, 1.165) is 32.6 Å². The highest BCUT2D eigenvalue weighted by molar-refractivity contribution is 9.10. The molecule has 6 heteroatoms. The van der Waals surface area contributed by atoms with Crippen LogP contribution in [0.3, 0.4) is 0 Å². The molecule has 4 nitrogen and oxygen atoms in total. The van der Waals surface area contributed by atoms with E-state index in [0.29, 0.717) is 17.1 Å². The molecule has 0 radical (unpaired) electrons. The van der Waals surface area contributed by atoms with Gasteiger partial charge >= 0.3 is 0 Å². The summed E-state index contributed by atoms with van der Waals surface area (Å²) in [4.78, 5) is 4.19. The van der Waals surface area contributed by atoms with Crippen molar-refractivity contribution in [1.29, 1.82) is 5.26 Å². The van der Waals surface area contributed by atoms with Crippen LogP contribution in [0.4, 0.5) is 0 Å². The zero-order chi connectivity index (χ0) is 17.3. The highest BCUT2D eigenvalue weighted by Crippen LogP contribution is 2.30. The number of halogens is 2. The Morgan fingerprint density at radius 1 is 1.25 bits per heavy atom. The van der Waals surface area contributed by atoms with Gasteiger partial charge in [-0.05, 0) is 59.1 Å². The second kappa shape index (κ2) is 6.76. The predicted molar refractivity (Wildman–Crippen MR) is 97.9 cm³/mol. The van der Waals surface area contributed by atoms with E-state index in [1.54, 1.807) is 12.3 Å². The molecular weight excluding hydrogens is 388 g/mol. The second-order valence-electron chi connectivity index (χ2n) is 5.52. The summed E-state index contributed by atoms with van der Waals surface area (Å²) < 4.78 is 2.90. The zero-order valence-electron chi connectivity index (χ0n) is 13.2. The number of pyridine rings is 1. The molecule has 1 aromatic carbocycles. The molecule has 0 fully saturated rings. The van der Waals surface area contributed by atoms with E-state index < -0.39 is 0 Å². The van der Waals surface area contributed by atoms with Crippen molar-refractivity contribution >= 4 is 27.5 Å². The van der Waals surface area contributed by atoms with Crippen LogP contribution in [-0.2, 0) is 6.54 Å². The van der Waals surface area contributed by atoms with Gasteiger partial charge in [-0.1, -0.05) is 17.7 Å². The largest absolute Gasteiger partial charge is 0.264 e. The van der Waals surface area contributed by atoms with Crippen molar-refractivity contribution in [3.63, 3.8) is 0 Å². The molecule has 0 aliphatic rings. The van der Waals surface area contributed by atoms with Crippen molar-refractivity contribution in [1.82, 2.24) is 14.8 Å². The predicted octanol–water partition coefficient (Wildman–Crippen LogP) is 4.90. The molecule has 3 aromatic rings. The van der Waals surface area contributed by atoms with E-state index >= 15 is 0 Å². The molecule has 120 valence electrons. The maximum atomic E-state index is 9.02. The van der Waals surface area contributed by atoms with Gasteiger partial charge in [0, 0.05) is 28.1 Å². The zero-order valence-corrected chi connectivity index (χ0v) is 15.6. The Labute approximate surface area is 153 Å². The first-order valence-electron chi connectivity index (χ1n) is 7.33. The lowest BCUT2D eigenvalue weighted by atomic mass is 10.0. The van der Waals surface area contributed by atoms with Crippen LogP contribution in [0.15, 0.2) is 41.1 Å². The van der Waals surface area contributed by atoms with Crippen molar-refractivity contribution in [2.45, 2.75) is 20.4 Å². The molecular formula is C18H14BrClN4. The van der Waals surface area contributed by atoms with Gasteiger partial charge in [-0.25, -0.2) is 0 Å². The fourth-order valence-corrected chi connectivity index (χ4v) is 3.38. The minimum atomic E-state index is 0.456. The molecule has 0 saturated carbocycles. The average molecular weight is 402 g/mol. The number of aryl methyl sites for hydroxylation is 1. The number of nitriles is 1. The summed E-state index contributed by atoms with van der Waals surface area (Å²) in [6.07, 6.45) is 3.59. The van der Waals surface area contributed by atoms with Crippen LogP contribution < -0.4 is 0 Å². The number of nitrogens with zero attached hydrogens (tertiary/aromatic N) is 4. The van der Waals surface area contributed by atoms with Gasteiger partial charge in [-0.15, -0.1) is 0 Å². The Morgan fingerprint density at radius 2 is 2.04 bits per heavy atom. The Hall–Kier alpha value is -2.16. The first kappa shape index (κ1) is 16.7. The normalized spacial score (nSPS) is 10.6. The third-order valence-corrected chi connectivity index (χ3v) is 4.60. The molecule has 0 aliphatic carbocycles. The summed E-state index contributed by atoms with van der Waals surface area (Å²) in [5, 5.41) is 14.1. The fraction of sp³-hybridized carbons (Fsp3) is 0.167. The van der Waals surface area contributed by atoms with Crippen molar-refractivity contribution < 1.29 is 0 Å². The van der Waals surface area contributed by atoms with Crippen LogP contribution in [0.2, 0.25) is 5.02 Å². The van der Waals surface area contributed by atoms with E-state index in [1.165, 1.54) is 0 Å². The molecule has 0 spiro atoms. The van der Waals surface area contributed by atoms with E-state index in [-0.39, 0.29) is 0 Å². The van der Waals surface area contributed by atoms with E-state index in [4.69, 9.17) is 16.9 Å². The van der Waals surface area contributed by atoms with Gasteiger partial charge in [-0.3, -0.25) is 9.67 Å². The SMILES string of the molecule is Cc1nn(Cc2cncc(Br)c2)c(C)c1-c1ccc(C#N)c(Cl)c1. The van der Waals surface area contributed by atoms with Gasteiger partial charge < -0.3 is 0 Å². The van der Waals surface area contributed by atoms with E-state index in [1.807, 2.05) is 42.9 Å².